The molecule has 134 valence electrons. The van der Waals surface area contributed by atoms with Gasteiger partial charge in [0.1, 0.15) is 5.82 Å². The van der Waals surface area contributed by atoms with Gasteiger partial charge in [0.15, 0.2) is 0 Å². The first kappa shape index (κ1) is 17.4. The summed E-state index contributed by atoms with van der Waals surface area (Å²) < 4.78 is 7.97. The second-order valence-electron chi connectivity index (χ2n) is 7.64. The number of ether oxygens (including phenoxy) is 1. The fraction of sp³-hybridized carbons (Fsp3) is 0.778. The van der Waals surface area contributed by atoms with Crippen LogP contribution in [-0.2, 0) is 22.5 Å². The average Bonchev–Trinajstić information content (AvgIpc) is 2.93. The van der Waals surface area contributed by atoms with E-state index in [4.69, 9.17) is 4.74 Å². The first-order valence-electron chi connectivity index (χ1n) is 9.14. The highest BCUT2D eigenvalue weighted by Crippen LogP contribution is 2.20. The molecule has 1 N–H and O–H groups in total. The molecule has 24 heavy (non-hydrogen) atoms. The number of aryl methyl sites for hydroxylation is 1. The highest BCUT2D eigenvalue weighted by atomic mass is 16.5. The van der Waals surface area contributed by atoms with Crippen molar-refractivity contribution < 1.29 is 9.53 Å². The van der Waals surface area contributed by atoms with Gasteiger partial charge in [-0.05, 0) is 26.2 Å². The Hall–Kier alpha value is -1.40. The molecule has 0 saturated carbocycles. The zero-order chi connectivity index (χ0) is 17.3. The quantitative estimate of drug-likeness (QED) is 0.905. The summed E-state index contributed by atoms with van der Waals surface area (Å²) >= 11 is 0. The predicted octanol–water partition coefficient (Wildman–Crippen LogP) is 1.45. The fourth-order valence-corrected chi connectivity index (χ4v) is 4.11. The van der Waals surface area contributed by atoms with E-state index in [-0.39, 0.29) is 36.1 Å². The molecule has 0 aromatic carbocycles. The molecule has 4 atom stereocenters. The van der Waals surface area contributed by atoms with Crippen molar-refractivity contribution >= 4 is 5.91 Å². The maximum Gasteiger partial charge on any atom is 0.237 e. The van der Waals surface area contributed by atoms with E-state index in [1.807, 2.05) is 12.4 Å². The van der Waals surface area contributed by atoms with E-state index in [0.717, 1.165) is 38.3 Å². The Balaban J connectivity index is 1.65. The number of hydrogen-bond donors (Lipinski definition) is 1. The van der Waals surface area contributed by atoms with Crippen molar-refractivity contribution in [2.75, 3.05) is 13.1 Å². The summed E-state index contributed by atoms with van der Waals surface area (Å²) in [6.07, 6.45) is 6.07. The van der Waals surface area contributed by atoms with Crippen LogP contribution in [0.1, 0.15) is 39.9 Å². The third kappa shape index (κ3) is 3.81. The van der Waals surface area contributed by atoms with Crippen LogP contribution < -0.4 is 5.32 Å². The molecule has 6 heteroatoms. The Kier molecular flexibility index (Phi) is 5.25. The number of hydrogen-bond acceptors (Lipinski definition) is 4. The lowest BCUT2D eigenvalue weighted by atomic mass is 9.98. The molecule has 2 aliphatic rings. The highest BCUT2D eigenvalue weighted by molar-refractivity contribution is 5.82. The van der Waals surface area contributed by atoms with Crippen LogP contribution in [0.5, 0.6) is 0 Å². The molecule has 4 unspecified atom stereocenters. The van der Waals surface area contributed by atoms with Gasteiger partial charge in [-0.1, -0.05) is 13.8 Å². The Bertz CT molecular complexity index is 561. The Labute approximate surface area is 144 Å². The summed E-state index contributed by atoms with van der Waals surface area (Å²) in [5.74, 6) is 1.55. The van der Waals surface area contributed by atoms with Gasteiger partial charge in [-0.3, -0.25) is 9.69 Å². The van der Waals surface area contributed by atoms with Crippen molar-refractivity contribution in [3.8, 4) is 0 Å². The molecule has 3 rings (SSSR count). The van der Waals surface area contributed by atoms with Gasteiger partial charge < -0.3 is 14.6 Å². The molecular formula is C18H30N4O2. The standard InChI is InChI=1S/C18H30N4O2/c1-12(2)17(22-9-13(3)24-14(4)10-22)18(23)20-15-5-6-16-19-7-8-21(16)11-15/h7-8,12-15,17H,5-6,9-11H2,1-4H3,(H,20,23). The smallest absolute Gasteiger partial charge is 0.237 e. The van der Waals surface area contributed by atoms with Crippen molar-refractivity contribution in [1.82, 2.24) is 19.8 Å². The van der Waals surface area contributed by atoms with Crippen LogP contribution in [0.25, 0.3) is 0 Å². The second kappa shape index (κ2) is 7.23. The Morgan fingerprint density at radius 2 is 2.00 bits per heavy atom. The summed E-state index contributed by atoms with van der Waals surface area (Å²) in [6, 6.07) is 0.0966. The lowest BCUT2D eigenvalue weighted by molar-refractivity contribution is -0.136. The zero-order valence-corrected chi connectivity index (χ0v) is 15.2. The lowest BCUT2D eigenvalue weighted by Crippen LogP contribution is -2.58. The molecule has 1 saturated heterocycles. The van der Waals surface area contributed by atoms with E-state index >= 15 is 0 Å². The normalized spacial score (nSPS) is 29.3. The van der Waals surface area contributed by atoms with Gasteiger partial charge in [0, 0.05) is 44.5 Å². The summed E-state index contributed by atoms with van der Waals surface area (Å²) in [7, 11) is 0. The van der Waals surface area contributed by atoms with Gasteiger partial charge in [0.25, 0.3) is 0 Å². The van der Waals surface area contributed by atoms with Crippen molar-refractivity contribution in [2.24, 2.45) is 5.92 Å². The van der Waals surface area contributed by atoms with Crippen LogP contribution in [0, 0.1) is 5.92 Å². The van der Waals surface area contributed by atoms with Crippen molar-refractivity contribution in [3.63, 3.8) is 0 Å². The number of amides is 1. The molecule has 0 bridgehead atoms. The summed E-state index contributed by atoms with van der Waals surface area (Å²) in [5.41, 5.74) is 0. The van der Waals surface area contributed by atoms with Crippen molar-refractivity contribution in [2.45, 2.75) is 71.4 Å². The number of imidazole rings is 1. The molecule has 1 aromatic rings. The molecule has 1 amide bonds. The minimum absolute atomic E-state index is 0.0945. The molecule has 0 aliphatic carbocycles. The third-order valence-electron chi connectivity index (χ3n) is 5.02. The highest BCUT2D eigenvalue weighted by Gasteiger charge is 2.35. The Morgan fingerprint density at radius 1 is 1.29 bits per heavy atom. The first-order chi connectivity index (χ1) is 11.4. The van der Waals surface area contributed by atoms with Gasteiger partial charge in [-0.25, -0.2) is 4.98 Å². The third-order valence-corrected chi connectivity index (χ3v) is 5.02. The number of rotatable bonds is 4. The van der Waals surface area contributed by atoms with E-state index in [1.165, 1.54) is 0 Å². The van der Waals surface area contributed by atoms with Gasteiger partial charge >= 0.3 is 0 Å². The van der Waals surface area contributed by atoms with Crippen LogP contribution in [-0.4, -0.2) is 57.7 Å². The minimum Gasteiger partial charge on any atom is -0.373 e. The van der Waals surface area contributed by atoms with Crippen molar-refractivity contribution in [3.05, 3.63) is 18.2 Å². The largest absolute Gasteiger partial charge is 0.373 e. The molecule has 2 aliphatic heterocycles. The molecule has 1 aromatic heterocycles. The maximum atomic E-state index is 13.0. The fourth-order valence-electron chi connectivity index (χ4n) is 4.11. The predicted molar refractivity (Wildman–Crippen MR) is 92.7 cm³/mol. The molecule has 1 fully saturated rings. The minimum atomic E-state index is -0.0945. The SMILES string of the molecule is CC1CN(C(C(=O)NC2CCc3nccn3C2)C(C)C)CC(C)O1. The van der Waals surface area contributed by atoms with E-state index in [9.17, 15) is 4.79 Å². The molecular weight excluding hydrogens is 304 g/mol. The maximum absolute atomic E-state index is 13.0. The van der Waals surface area contributed by atoms with Crippen molar-refractivity contribution in [1.29, 1.82) is 0 Å². The van der Waals surface area contributed by atoms with Gasteiger partial charge in [0.2, 0.25) is 5.91 Å². The topological polar surface area (TPSA) is 59.4 Å². The summed E-state index contributed by atoms with van der Waals surface area (Å²) in [5, 5.41) is 3.29. The Morgan fingerprint density at radius 3 is 2.67 bits per heavy atom. The molecule has 0 spiro atoms. The molecule has 6 nitrogen and oxygen atoms in total. The molecule has 0 radical (unpaired) electrons. The zero-order valence-electron chi connectivity index (χ0n) is 15.2. The van der Waals surface area contributed by atoms with Crippen LogP contribution in [0.15, 0.2) is 12.4 Å². The second-order valence-corrected chi connectivity index (χ2v) is 7.64. The number of nitrogens with one attached hydrogen (secondary N) is 1. The van der Waals surface area contributed by atoms with E-state index in [0.29, 0.717) is 0 Å². The number of carbonyl (C=O) groups excluding carboxylic acids is 1. The van der Waals surface area contributed by atoms with Gasteiger partial charge in [0.05, 0.1) is 18.2 Å². The van der Waals surface area contributed by atoms with E-state index < -0.39 is 0 Å². The first-order valence-corrected chi connectivity index (χ1v) is 9.14. The number of fused-ring (bicyclic) bond motifs is 1. The summed E-state index contributed by atoms with van der Waals surface area (Å²) in [4.78, 5) is 19.6. The average molecular weight is 334 g/mol. The van der Waals surface area contributed by atoms with Gasteiger partial charge in [-0.15, -0.1) is 0 Å². The number of aromatic nitrogens is 2. The number of morpholine rings is 1. The van der Waals surface area contributed by atoms with E-state index in [2.05, 4.69) is 47.5 Å². The summed E-state index contributed by atoms with van der Waals surface area (Å²) in [6.45, 7) is 10.9. The lowest BCUT2D eigenvalue weighted by Gasteiger charge is -2.41. The van der Waals surface area contributed by atoms with Crippen LogP contribution in [0.2, 0.25) is 0 Å². The van der Waals surface area contributed by atoms with Crippen LogP contribution in [0.3, 0.4) is 0 Å². The van der Waals surface area contributed by atoms with Gasteiger partial charge in [-0.2, -0.15) is 0 Å². The number of nitrogens with zero attached hydrogens (tertiary/aromatic N) is 3. The molecule has 3 heterocycles. The van der Waals surface area contributed by atoms with Crippen LogP contribution >= 0.6 is 0 Å². The van der Waals surface area contributed by atoms with E-state index in [1.54, 1.807) is 0 Å². The van der Waals surface area contributed by atoms with Crippen LogP contribution in [0.4, 0.5) is 0 Å². The monoisotopic (exact) mass is 334 g/mol. The number of carbonyl (C=O) groups is 1.